The number of anilines is 2. The van der Waals surface area contributed by atoms with Crippen molar-refractivity contribution in [1.82, 2.24) is 0 Å². The first kappa shape index (κ1) is 23.2. The van der Waals surface area contributed by atoms with Crippen LogP contribution >= 0.6 is 23.4 Å². The lowest BCUT2D eigenvalue weighted by Crippen LogP contribution is -2.22. The van der Waals surface area contributed by atoms with Crippen molar-refractivity contribution in [2.45, 2.75) is 22.0 Å². The average molecular weight is 497 g/mol. The Labute approximate surface area is 202 Å². The lowest BCUT2D eigenvalue weighted by molar-refractivity contribution is -0.115. The van der Waals surface area contributed by atoms with Crippen molar-refractivity contribution < 1.29 is 13.2 Å². The van der Waals surface area contributed by atoms with Gasteiger partial charge in [0.15, 0.2) is 0 Å². The Kier molecular flexibility index (Phi) is 6.93. The zero-order valence-corrected chi connectivity index (χ0v) is 20.0. The molecular weight excluding hydrogens is 476 g/mol. The van der Waals surface area contributed by atoms with Gasteiger partial charge in [-0.2, -0.15) is 0 Å². The highest BCUT2D eigenvalue weighted by Gasteiger charge is 2.17. The van der Waals surface area contributed by atoms with E-state index >= 15 is 0 Å². The molecule has 0 bridgehead atoms. The van der Waals surface area contributed by atoms with Crippen LogP contribution in [-0.4, -0.2) is 19.6 Å². The van der Waals surface area contributed by atoms with Crippen molar-refractivity contribution in [2.75, 3.05) is 10.0 Å². The van der Waals surface area contributed by atoms with E-state index in [0.29, 0.717) is 16.4 Å². The molecule has 0 fully saturated rings. The standard InChI is InChI=1S/C25H21ClN2O3S2/c1-17(32-21-13-9-19(26)10-14-21)25(29)27-20-11-15-22(16-12-20)33(30,31)28-24-8-4-6-18-5-2-3-7-23(18)24/h2-17,28H,1H3,(H,27,29)/t17-/m0/s1. The summed E-state index contributed by atoms with van der Waals surface area (Å²) in [4.78, 5) is 13.6. The van der Waals surface area contributed by atoms with E-state index in [4.69, 9.17) is 11.6 Å². The van der Waals surface area contributed by atoms with Gasteiger partial charge < -0.3 is 5.32 Å². The second kappa shape index (κ2) is 9.87. The molecule has 0 unspecified atom stereocenters. The lowest BCUT2D eigenvalue weighted by atomic mass is 10.1. The molecule has 168 valence electrons. The topological polar surface area (TPSA) is 75.3 Å². The number of hydrogen-bond donors (Lipinski definition) is 2. The minimum Gasteiger partial charge on any atom is -0.325 e. The SMILES string of the molecule is C[C@H](Sc1ccc(Cl)cc1)C(=O)Nc1ccc(S(=O)(=O)Nc2cccc3ccccc23)cc1. The van der Waals surface area contributed by atoms with E-state index in [1.165, 1.54) is 23.9 Å². The summed E-state index contributed by atoms with van der Waals surface area (Å²) in [7, 11) is -3.79. The normalized spacial score (nSPS) is 12.3. The van der Waals surface area contributed by atoms with Gasteiger partial charge in [0.05, 0.1) is 15.8 Å². The van der Waals surface area contributed by atoms with Crippen LogP contribution in [0.25, 0.3) is 10.8 Å². The number of fused-ring (bicyclic) bond motifs is 1. The van der Waals surface area contributed by atoms with E-state index in [0.717, 1.165) is 15.7 Å². The molecule has 4 aromatic rings. The monoisotopic (exact) mass is 496 g/mol. The van der Waals surface area contributed by atoms with Crippen molar-refractivity contribution in [3.8, 4) is 0 Å². The molecule has 0 aromatic heterocycles. The average Bonchev–Trinajstić information content (AvgIpc) is 2.81. The first-order valence-electron chi connectivity index (χ1n) is 10.2. The fraction of sp³-hybridized carbons (Fsp3) is 0.0800. The van der Waals surface area contributed by atoms with Crippen LogP contribution in [0.15, 0.2) is 101 Å². The molecule has 2 N–H and O–H groups in total. The molecule has 0 aliphatic rings. The van der Waals surface area contributed by atoms with Crippen LogP contribution < -0.4 is 10.0 Å². The predicted molar refractivity (Wildman–Crippen MR) is 137 cm³/mol. The highest BCUT2D eigenvalue weighted by Crippen LogP contribution is 2.27. The predicted octanol–water partition coefficient (Wildman–Crippen LogP) is 6.41. The molecule has 1 amide bonds. The second-order valence-corrected chi connectivity index (χ2v) is 10.9. The summed E-state index contributed by atoms with van der Waals surface area (Å²) in [5.74, 6) is -0.181. The highest BCUT2D eigenvalue weighted by atomic mass is 35.5. The van der Waals surface area contributed by atoms with E-state index in [1.54, 1.807) is 30.3 Å². The third-order valence-electron chi connectivity index (χ3n) is 4.96. The Hall–Kier alpha value is -3.00. The fourth-order valence-electron chi connectivity index (χ4n) is 3.25. The molecule has 0 heterocycles. The Balaban J connectivity index is 1.43. The first-order valence-corrected chi connectivity index (χ1v) is 12.9. The molecule has 5 nitrogen and oxygen atoms in total. The zero-order chi connectivity index (χ0) is 23.4. The highest BCUT2D eigenvalue weighted by molar-refractivity contribution is 8.00. The molecule has 33 heavy (non-hydrogen) atoms. The maximum absolute atomic E-state index is 12.9. The molecule has 0 aliphatic heterocycles. The van der Waals surface area contributed by atoms with Crippen molar-refractivity contribution in [1.29, 1.82) is 0 Å². The van der Waals surface area contributed by atoms with Crippen molar-refractivity contribution in [3.05, 3.63) is 96.0 Å². The molecule has 0 spiro atoms. The molecule has 0 saturated heterocycles. The number of hydrogen-bond acceptors (Lipinski definition) is 4. The number of rotatable bonds is 7. The molecule has 1 atom stereocenters. The van der Waals surface area contributed by atoms with Gasteiger partial charge in [-0.3, -0.25) is 9.52 Å². The summed E-state index contributed by atoms with van der Waals surface area (Å²) in [6, 6.07) is 26.4. The largest absolute Gasteiger partial charge is 0.325 e. The van der Waals surface area contributed by atoms with E-state index in [2.05, 4.69) is 10.0 Å². The quantitative estimate of drug-likeness (QED) is 0.290. The Morgan fingerprint density at radius 2 is 1.55 bits per heavy atom. The van der Waals surface area contributed by atoms with Crippen LogP contribution in [0, 0.1) is 0 Å². The van der Waals surface area contributed by atoms with Gasteiger partial charge in [-0.15, -0.1) is 11.8 Å². The third kappa shape index (κ3) is 5.68. The third-order valence-corrected chi connectivity index (χ3v) is 7.71. The summed E-state index contributed by atoms with van der Waals surface area (Å²) in [6.07, 6.45) is 0. The number of halogens is 1. The first-order chi connectivity index (χ1) is 15.8. The molecule has 0 saturated carbocycles. The van der Waals surface area contributed by atoms with E-state index < -0.39 is 10.0 Å². The minimum atomic E-state index is -3.79. The lowest BCUT2D eigenvalue weighted by Gasteiger charge is -2.13. The maximum Gasteiger partial charge on any atom is 0.261 e. The molecular formula is C25H21ClN2O3S2. The molecule has 0 aliphatic carbocycles. The smallest absolute Gasteiger partial charge is 0.261 e. The molecule has 4 aromatic carbocycles. The molecule has 4 rings (SSSR count). The van der Waals surface area contributed by atoms with Crippen LogP contribution in [0.4, 0.5) is 11.4 Å². The van der Waals surface area contributed by atoms with E-state index in [1.807, 2.05) is 55.5 Å². The number of amides is 1. The number of carbonyl (C=O) groups is 1. The number of benzene rings is 4. The summed E-state index contributed by atoms with van der Waals surface area (Å²) in [6.45, 7) is 1.81. The van der Waals surface area contributed by atoms with Gasteiger partial charge in [0, 0.05) is 21.0 Å². The van der Waals surface area contributed by atoms with Crippen molar-refractivity contribution in [3.63, 3.8) is 0 Å². The fourth-order valence-corrected chi connectivity index (χ4v) is 5.32. The summed E-state index contributed by atoms with van der Waals surface area (Å²) in [5.41, 5.74) is 1.03. The van der Waals surface area contributed by atoms with Gasteiger partial charge in [0.1, 0.15) is 0 Å². The van der Waals surface area contributed by atoms with Crippen LogP contribution in [-0.2, 0) is 14.8 Å². The van der Waals surface area contributed by atoms with Crippen LogP contribution in [0.1, 0.15) is 6.92 Å². The summed E-state index contributed by atoms with van der Waals surface area (Å²) in [5, 5.41) is 4.89. The number of carbonyl (C=O) groups excluding carboxylic acids is 1. The Morgan fingerprint density at radius 1 is 0.879 bits per heavy atom. The number of sulfonamides is 1. The van der Waals surface area contributed by atoms with Gasteiger partial charge >= 0.3 is 0 Å². The van der Waals surface area contributed by atoms with Crippen molar-refractivity contribution >= 4 is 61.4 Å². The van der Waals surface area contributed by atoms with Gasteiger partial charge in [-0.05, 0) is 66.9 Å². The van der Waals surface area contributed by atoms with Crippen LogP contribution in [0.2, 0.25) is 5.02 Å². The molecule has 0 radical (unpaired) electrons. The second-order valence-electron chi connectivity index (χ2n) is 7.36. The van der Waals surface area contributed by atoms with Gasteiger partial charge in [0.25, 0.3) is 10.0 Å². The summed E-state index contributed by atoms with van der Waals surface area (Å²) < 4.78 is 28.5. The Morgan fingerprint density at radius 3 is 2.27 bits per heavy atom. The van der Waals surface area contributed by atoms with E-state index in [-0.39, 0.29) is 16.1 Å². The van der Waals surface area contributed by atoms with Crippen LogP contribution in [0.5, 0.6) is 0 Å². The van der Waals surface area contributed by atoms with Crippen LogP contribution in [0.3, 0.4) is 0 Å². The van der Waals surface area contributed by atoms with Gasteiger partial charge in [0.2, 0.25) is 5.91 Å². The summed E-state index contributed by atoms with van der Waals surface area (Å²) >= 11 is 7.31. The number of nitrogens with one attached hydrogen (secondary N) is 2. The zero-order valence-electron chi connectivity index (χ0n) is 17.7. The Bertz CT molecular complexity index is 1380. The van der Waals surface area contributed by atoms with Gasteiger partial charge in [-0.1, -0.05) is 48.0 Å². The van der Waals surface area contributed by atoms with E-state index in [9.17, 15) is 13.2 Å². The number of thioether (sulfide) groups is 1. The van der Waals surface area contributed by atoms with Crippen molar-refractivity contribution in [2.24, 2.45) is 0 Å². The minimum absolute atomic E-state index is 0.108. The maximum atomic E-state index is 12.9. The molecule has 8 heteroatoms. The van der Waals surface area contributed by atoms with Gasteiger partial charge in [-0.25, -0.2) is 8.42 Å².